The topological polar surface area (TPSA) is 78.4 Å². The van der Waals surface area contributed by atoms with Gasteiger partial charge in [0.15, 0.2) is 0 Å². The summed E-state index contributed by atoms with van der Waals surface area (Å²) in [4.78, 5) is 23.4. The van der Waals surface area contributed by atoms with Gasteiger partial charge < -0.3 is 15.7 Å². The molecule has 0 heterocycles. The zero-order valence-electron chi connectivity index (χ0n) is 18.3. The second kappa shape index (κ2) is 4.72. The van der Waals surface area contributed by atoms with Crippen LogP contribution in [0.4, 0.5) is 4.79 Å². The SMILES string of the molecule is [2H]C([2H])([2H])C(NC(=O)N[C@H](C(=O)O)C(C)(C)C)(C([2H])([2H])[2H])C([2H])([2H])[2H]. The van der Waals surface area contributed by atoms with Crippen LogP contribution in [-0.4, -0.2) is 28.7 Å². The van der Waals surface area contributed by atoms with Crippen LogP contribution >= 0.6 is 0 Å². The number of carboxylic acid groups (broad SMARTS) is 1. The first-order chi connectivity index (χ1) is 10.7. The molecule has 2 amide bonds. The molecule has 0 aliphatic heterocycles. The molecular formula is C11H22N2O3. The van der Waals surface area contributed by atoms with Crippen molar-refractivity contribution in [3.8, 4) is 0 Å². The Kier molecular flexibility index (Phi) is 1.59. The van der Waals surface area contributed by atoms with E-state index >= 15 is 0 Å². The number of aliphatic carboxylic acids is 1. The van der Waals surface area contributed by atoms with E-state index in [-0.39, 0.29) is 0 Å². The summed E-state index contributed by atoms with van der Waals surface area (Å²) in [7, 11) is 0. The average Bonchev–Trinajstić information content (AvgIpc) is 2.25. The summed E-state index contributed by atoms with van der Waals surface area (Å²) in [6, 6.07) is -3.04. The third-order valence-corrected chi connectivity index (χ3v) is 1.69. The maximum Gasteiger partial charge on any atom is 0.326 e. The molecule has 0 radical (unpaired) electrons. The predicted octanol–water partition coefficient (Wildman–Crippen LogP) is 1.58. The van der Waals surface area contributed by atoms with E-state index in [0.29, 0.717) is 0 Å². The summed E-state index contributed by atoms with van der Waals surface area (Å²) in [5.41, 5.74) is -4.58. The van der Waals surface area contributed by atoms with Crippen molar-refractivity contribution in [1.29, 1.82) is 0 Å². The second-order valence-electron chi connectivity index (χ2n) is 4.49. The molecule has 0 unspecified atom stereocenters. The van der Waals surface area contributed by atoms with Gasteiger partial charge in [-0.05, 0) is 26.0 Å². The maximum absolute atomic E-state index is 12.1. The van der Waals surface area contributed by atoms with Crippen LogP contribution in [0.3, 0.4) is 0 Å². The summed E-state index contributed by atoms with van der Waals surface area (Å²) in [5.74, 6) is -1.45. The van der Waals surface area contributed by atoms with Gasteiger partial charge >= 0.3 is 12.0 Å². The molecule has 5 heteroatoms. The molecule has 5 nitrogen and oxygen atoms in total. The average molecular weight is 239 g/mol. The molecular weight excluding hydrogens is 208 g/mol. The van der Waals surface area contributed by atoms with E-state index in [1.54, 1.807) is 0 Å². The highest BCUT2D eigenvalue weighted by atomic mass is 16.4. The Morgan fingerprint density at radius 1 is 1.25 bits per heavy atom. The minimum absolute atomic E-state index is 1.01. The van der Waals surface area contributed by atoms with E-state index in [1.807, 2.05) is 5.32 Å². The molecule has 0 saturated heterocycles. The number of hydrogen-bond acceptors (Lipinski definition) is 2. The van der Waals surface area contributed by atoms with E-state index in [2.05, 4.69) is 0 Å². The molecule has 0 rings (SSSR count). The van der Waals surface area contributed by atoms with E-state index in [9.17, 15) is 9.59 Å². The smallest absolute Gasteiger partial charge is 0.326 e. The fourth-order valence-corrected chi connectivity index (χ4v) is 0.986. The molecule has 0 aliphatic carbocycles. The number of urea groups is 1. The van der Waals surface area contributed by atoms with Crippen molar-refractivity contribution >= 4 is 12.0 Å². The van der Waals surface area contributed by atoms with Gasteiger partial charge in [-0.2, -0.15) is 0 Å². The van der Waals surface area contributed by atoms with Crippen molar-refractivity contribution < 1.29 is 27.0 Å². The van der Waals surface area contributed by atoms with Crippen molar-refractivity contribution in [1.82, 2.24) is 10.6 Å². The van der Waals surface area contributed by atoms with Crippen molar-refractivity contribution in [2.24, 2.45) is 5.41 Å². The normalized spacial score (nSPS) is 24.8. The van der Waals surface area contributed by atoms with Crippen LogP contribution in [-0.2, 0) is 4.79 Å². The first-order valence-electron chi connectivity index (χ1n) is 9.00. The van der Waals surface area contributed by atoms with Crippen LogP contribution in [0.15, 0.2) is 0 Å². The van der Waals surface area contributed by atoms with Crippen molar-refractivity contribution in [2.75, 3.05) is 0 Å². The number of carboxylic acids is 1. The molecule has 0 aromatic heterocycles. The molecule has 0 spiro atoms. The van der Waals surface area contributed by atoms with Gasteiger partial charge in [0.05, 0.1) is 0 Å². The highest BCUT2D eigenvalue weighted by Crippen LogP contribution is 2.19. The first-order valence-corrected chi connectivity index (χ1v) is 4.50. The molecule has 0 aromatic rings. The summed E-state index contributed by atoms with van der Waals surface area (Å²) in [6.07, 6.45) is 0. The molecule has 94 valence electrons. The van der Waals surface area contributed by atoms with Crippen LogP contribution < -0.4 is 10.6 Å². The Hall–Kier alpha value is -1.26. The highest BCUT2D eigenvalue weighted by Gasteiger charge is 2.33. The Bertz CT molecular complexity index is 481. The summed E-state index contributed by atoms with van der Waals surface area (Å²) in [5, 5.41) is 12.6. The number of nitrogens with one attached hydrogen (secondary N) is 2. The molecule has 0 bridgehead atoms. The minimum Gasteiger partial charge on any atom is -0.480 e. The number of carbonyl (C=O) groups excluding carboxylic acids is 1. The zero-order chi connectivity index (χ0) is 20.6. The van der Waals surface area contributed by atoms with Gasteiger partial charge in [0.25, 0.3) is 0 Å². The van der Waals surface area contributed by atoms with E-state index in [4.69, 9.17) is 17.4 Å². The van der Waals surface area contributed by atoms with Crippen LogP contribution in [0.2, 0.25) is 0 Å². The van der Waals surface area contributed by atoms with Gasteiger partial charge in [-0.3, -0.25) is 0 Å². The van der Waals surface area contributed by atoms with Crippen LogP contribution in [0.5, 0.6) is 0 Å². The van der Waals surface area contributed by atoms with Gasteiger partial charge in [-0.1, -0.05) is 20.8 Å². The molecule has 1 atom stereocenters. The van der Waals surface area contributed by atoms with Crippen LogP contribution in [0.1, 0.15) is 53.7 Å². The van der Waals surface area contributed by atoms with Crippen LogP contribution in [0.25, 0.3) is 0 Å². The summed E-state index contributed by atoms with van der Waals surface area (Å²) < 4.78 is 66.5. The van der Waals surface area contributed by atoms with E-state index < -0.39 is 49.6 Å². The molecule has 16 heavy (non-hydrogen) atoms. The Morgan fingerprint density at radius 3 is 2.06 bits per heavy atom. The lowest BCUT2D eigenvalue weighted by atomic mass is 9.87. The number of rotatable bonds is 2. The molecule has 0 aromatic carbocycles. The van der Waals surface area contributed by atoms with Gasteiger partial charge in [0.2, 0.25) is 0 Å². The Labute approximate surface area is 109 Å². The fraction of sp³-hybridized carbons (Fsp3) is 0.818. The minimum atomic E-state index is -3.62. The number of amides is 2. The van der Waals surface area contributed by atoms with Crippen LogP contribution in [0, 0.1) is 5.41 Å². The van der Waals surface area contributed by atoms with Crippen molar-refractivity contribution in [2.45, 2.75) is 52.9 Å². The fourth-order valence-electron chi connectivity index (χ4n) is 0.986. The Morgan fingerprint density at radius 2 is 1.75 bits per heavy atom. The Balaban J connectivity index is 6.00. The lowest BCUT2D eigenvalue weighted by Gasteiger charge is -2.29. The van der Waals surface area contributed by atoms with Gasteiger partial charge in [0, 0.05) is 17.9 Å². The van der Waals surface area contributed by atoms with E-state index in [1.165, 1.54) is 26.1 Å². The molecule has 3 N–H and O–H groups in total. The van der Waals surface area contributed by atoms with Crippen molar-refractivity contribution in [3.05, 3.63) is 0 Å². The predicted molar refractivity (Wildman–Crippen MR) is 62.3 cm³/mol. The summed E-state index contributed by atoms with van der Waals surface area (Å²) >= 11 is 0. The monoisotopic (exact) mass is 239 g/mol. The first kappa shape index (κ1) is 5.38. The van der Waals surface area contributed by atoms with Gasteiger partial charge in [-0.15, -0.1) is 0 Å². The molecule has 0 fully saturated rings. The quantitative estimate of drug-likeness (QED) is 0.684. The third kappa shape index (κ3) is 5.58. The third-order valence-electron chi connectivity index (χ3n) is 1.69. The lowest BCUT2D eigenvalue weighted by molar-refractivity contribution is -0.141. The lowest BCUT2D eigenvalue weighted by Crippen LogP contribution is -2.55. The highest BCUT2D eigenvalue weighted by molar-refractivity contribution is 5.83. The van der Waals surface area contributed by atoms with E-state index in [0.717, 1.165) is 0 Å². The second-order valence-corrected chi connectivity index (χ2v) is 4.49. The maximum atomic E-state index is 12.1. The summed E-state index contributed by atoms with van der Waals surface area (Å²) in [6.45, 7) is -6.46. The van der Waals surface area contributed by atoms with Gasteiger partial charge in [-0.25, -0.2) is 9.59 Å². The van der Waals surface area contributed by atoms with Crippen molar-refractivity contribution in [3.63, 3.8) is 0 Å². The molecule has 0 aliphatic rings. The van der Waals surface area contributed by atoms with Gasteiger partial charge in [0.1, 0.15) is 6.04 Å². The molecule has 0 saturated carbocycles. The number of carbonyl (C=O) groups is 2. The zero-order valence-corrected chi connectivity index (χ0v) is 9.34. The number of hydrogen-bond donors (Lipinski definition) is 3. The standard InChI is InChI=1S/C11H22N2O3/c1-10(2,3)7(8(14)15)12-9(16)13-11(4,5)6/h7H,1-6H3,(H,14,15)(H2,12,13,16)/t7-/m1/s1/i4D3,5D3,6D3. The largest absolute Gasteiger partial charge is 0.480 e.